The van der Waals surface area contributed by atoms with E-state index in [0.29, 0.717) is 11.6 Å². The molecular weight excluding hydrogens is 582 g/mol. The second kappa shape index (κ2) is 11.5. The number of pyridine rings is 1. The van der Waals surface area contributed by atoms with E-state index in [0.717, 1.165) is 16.6 Å². The first kappa shape index (κ1) is 30.6. The van der Waals surface area contributed by atoms with Gasteiger partial charge in [0.15, 0.2) is 17.3 Å². The fourth-order valence-electron chi connectivity index (χ4n) is 4.61. The number of aromatic nitrogens is 3. The first-order chi connectivity index (χ1) is 19.6. The van der Waals surface area contributed by atoms with E-state index in [1.54, 1.807) is 13.8 Å². The van der Waals surface area contributed by atoms with E-state index in [2.05, 4.69) is 20.5 Å². The topological polar surface area (TPSA) is 149 Å². The van der Waals surface area contributed by atoms with Crippen molar-refractivity contribution in [3.8, 4) is 22.8 Å². The molecule has 0 saturated heterocycles. The summed E-state index contributed by atoms with van der Waals surface area (Å²) >= 11 is 0. The normalized spacial score (nSPS) is 12.1. The molecule has 0 unspecified atom stereocenters. The number of nitrogens with one attached hydrogen (secondary N) is 2. The molecule has 15 heteroatoms. The highest BCUT2D eigenvalue weighted by Gasteiger charge is 2.31. The molecule has 2 aromatic carbocycles. The number of aromatic hydroxyl groups is 2. The molecule has 4 N–H and O–H groups in total. The second-order valence-corrected chi connectivity index (χ2v) is 11.4. The van der Waals surface area contributed by atoms with Crippen LogP contribution in [0.5, 0.6) is 11.5 Å². The van der Waals surface area contributed by atoms with Gasteiger partial charge in [-0.05, 0) is 54.4 Å². The predicted octanol–water partition coefficient (Wildman–Crippen LogP) is 5.27. The van der Waals surface area contributed by atoms with Gasteiger partial charge in [-0.3, -0.25) is 14.2 Å². The Labute approximate surface area is 238 Å². The minimum Gasteiger partial charge on any atom is -0.508 e. The number of halogens is 4. The van der Waals surface area contributed by atoms with Gasteiger partial charge < -0.3 is 15.5 Å². The summed E-state index contributed by atoms with van der Waals surface area (Å²) in [4.78, 5) is 17.1. The van der Waals surface area contributed by atoms with Gasteiger partial charge in [-0.2, -0.15) is 18.3 Å². The summed E-state index contributed by atoms with van der Waals surface area (Å²) in [5, 5.41) is 29.8. The van der Waals surface area contributed by atoms with Crippen molar-refractivity contribution in [1.82, 2.24) is 15.2 Å². The Morgan fingerprint density at radius 1 is 1.10 bits per heavy atom. The summed E-state index contributed by atoms with van der Waals surface area (Å²) in [5.74, 6) is -2.66. The number of rotatable bonds is 10. The lowest BCUT2D eigenvalue weighted by Gasteiger charge is -2.24. The van der Waals surface area contributed by atoms with E-state index in [1.807, 2.05) is 0 Å². The van der Waals surface area contributed by atoms with Crippen LogP contribution in [-0.4, -0.2) is 58.6 Å². The number of aromatic amines is 1. The Bertz CT molecular complexity index is 1770. The number of fused-ring (bicyclic) bond motifs is 1. The van der Waals surface area contributed by atoms with Crippen molar-refractivity contribution in [3.05, 3.63) is 59.0 Å². The van der Waals surface area contributed by atoms with E-state index in [-0.39, 0.29) is 70.4 Å². The fraction of sp³-hybridized carbons (Fsp3) is 0.296. The van der Waals surface area contributed by atoms with Crippen molar-refractivity contribution < 1.29 is 41.0 Å². The molecule has 4 aromatic rings. The number of carbonyl (C=O) groups excluding carboxylic acids is 1. The Kier molecular flexibility index (Phi) is 8.34. The molecule has 0 aliphatic carbocycles. The highest BCUT2D eigenvalue weighted by Crippen LogP contribution is 2.37. The Morgan fingerprint density at radius 3 is 2.43 bits per heavy atom. The van der Waals surface area contributed by atoms with E-state index >= 15 is 0 Å². The molecule has 10 nitrogen and oxygen atoms in total. The Hall–Kier alpha value is -4.40. The number of anilines is 2. The van der Waals surface area contributed by atoms with Crippen LogP contribution in [0.25, 0.3) is 22.2 Å². The lowest BCUT2D eigenvalue weighted by molar-refractivity contribution is -0.127. The third kappa shape index (κ3) is 6.40. The molecule has 0 fully saturated rings. The third-order valence-electron chi connectivity index (χ3n) is 6.43. The van der Waals surface area contributed by atoms with Gasteiger partial charge in [0, 0.05) is 25.1 Å². The van der Waals surface area contributed by atoms with Crippen molar-refractivity contribution in [1.29, 1.82) is 0 Å². The summed E-state index contributed by atoms with van der Waals surface area (Å²) in [7, 11) is -3.70. The van der Waals surface area contributed by atoms with Gasteiger partial charge >= 0.3 is 6.18 Å². The molecule has 4 rings (SSSR count). The second-order valence-electron chi connectivity index (χ2n) is 9.47. The molecule has 0 aliphatic heterocycles. The summed E-state index contributed by atoms with van der Waals surface area (Å²) < 4.78 is 80.4. The smallest absolute Gasteiger partial charge is 0.393 e. The molecule has 0 atom stereocenters. The molecule has 0 aliphatic rings. The van der Waals surface area contributed by atoms with Gasteiger partial charge in [0.25, 0.3) is 0 Å². The van der Waals surface area contributed by atoms with Crippen LogP contribution in [0.3, 0.4) is 0 Å². The molecule has 0 spiro atoms. The molecule has 0 saturated carbocycles. The van der Waals surface area contributed by atoms with Crippen molar-refractivity contribution in [3.63, 3.8) is 0 Å². The van der Waals surface area contributed by atoms with Gasteiger partial charge in [-0.1, -0.05) is 6.92 Å². The van der Waals surface area contributed by atoms with Gasteiger partial charge in [0.05, 0.1) is 35.0 Å². The monoisotopic (exact) mass is 609 g/mol. The molecule has 0 radical (unpaired) electrons. The van der Waals surface area contributed by atoms with Crippen molar-refractivity contribution >= 4 is 38.2 Å². The molecule has 2 aromatic heterocycles. The SMILES string of the molecule is CCC(=O)c1n[nH]c2cc(-c3cc(F)c(O)cc3CC(F)(F)F)nc(NCc3cc(O)ccc3N(CC)S(C)(=O)=O)c12. The van der Waals surface area contributed by atoms with Crippen molar-refractivity contribution in [2.75, 3.05) is 22.4 Å². The van der Waals surface area contributed by atoms with Crippen LogP contribution in [0.15, 0.2) is 36.4 Å². The van der Waals surface area contributed by atoms with Crippen LogP contribution in [0.4, 0.5) is 29.1 Å². The Balaban J connectivity index is 1.90. The zero-order valence-corrected chi connectivity index (χ0v) is 23.5. The van der Waals surface area contributed by atoms with Crippen LogP contribution in [-0.2, 0) is 23.0 Å². The van der Waals surface area contributed by atoms with Gasteiger partial charge in [0.2, 0.25) is 10.0 Å². The van der Waals surface area contributed by atoms with Crippen LogP contribution in [0, 0.1) is 5.82 Å². The highest BCUT2D eigenvalue weighted by molar-refractivity contribution is 7.92. The van der Waals surface area contributed by atoms with Crippen molar-refractivity contribution in [2.45, 2.75) is 39.4 Å². The third-order valence-corrected chi connectivity index (χ3v) is 7.69. The van der Waals surface area contributed by atoms with E-state index in [4.69, 9.17) is 0 Å². The van der Waals surface area contributed by atoms with E-state index in [9.17, 15) is 41.0 Å². The molecule has 224 valence electrons. The number of phenols is 2. The number of benzene rings is 2. The Morgan fingerprint density at radius 2 is 1.81 bits per heavy atom. The minimum atomic E-state index is -4.69. The number of Topliss-reactive ketones (excluding diaryl/α,β-unsaturated/α-hetero) is 1. The molecular formula is C27H27F4N5O5S. The number of carbonyl (C=O) groups is 1. The summed E-state index contributed by atoms with van der Waals surface area (Å²) in [6, 6.07) is 6.80. The van der Waals surface area contributed by atoms with Crippen molar-refractivity contribution in [2.24, 2.45) is 0 Å². The fourth-order valence-corrected chi connectivity index (χ4v) is 5.61. The van der Waals surface area contributed by atoms with E-state index < -0.39 is 39.8 Å². The van der Waals surface area contributed by atoms with Gasteiger partial charge in [0.1, 0.15) is 17.3 Å². The van der Waals surface area contributed by atoms with Crippen LogP contribution >= 0.6 is 0 Å². The lowest BCUT2D eigenvalue weighted by Crippen LogP contribution is -2.30. The highest BCUT2D eigenvalue weighted by atomic mass is 32.2. The molecule has 0 bridgehead atoms. The zero-order valence-electron chi connectivity index (χ0n) is 22.7. The molecule has 0 amide bonds. The summed E-state index contributed by atoms with van der Waals surface area (Å²) in [6.45, 7) is 3.18. The van der Waals surface area contributed by atoms with Gasteiger partial charge in [-0.15, -0.1) is 0 Å². The maximum Gasteiger partial charge on any atom is 0.393 e. The number of H-pyrrole nitrogens is 1. The average molecular weight is 610 g/mol. The first-order valence-corrected chi connectivity index (χ1v) is 14.5. The zero-order chi connectivity index (χ0) is 31.0. The standard InChI is InChI=1S/C27H27F4N5O5S/c1-4-22(38)25-24-20(34-35-25)11-19(17-10-18(28)23(39)9-14(17)12-27(29,30)31)33-26(24)32-13-15-8-16(37)6-7-21(15)36(5-2)42(3,40)41/h6-11,37,39H,4-5,12-13H2,1-3H3,(H,32,33)(H,34,35). The number of hydrogen-bond donors (Lipinski definition) is 4. The van der Waals surface area contributed by atoms with Crippen LogP contribution < -0.4 is 9.62 Å². The number of alkyl halides is 3. The molecule has 2 heterocycles. The first-order valence-electron chi connectivity index (χ1n) is 12.7. The van der Waals surface area contributed by atoms with Crippen LogP contribution in [0.2, 0.25) is 0 Å². The van der Waals surface area contributed by atoms with Crippen LogP contribution in [0.1, 0.15) is 41.9 Å². The summed E-state index contributed by atoms with van der Waals surface area (Å²) in [6.07, 6.45) is -5.06. The average Bonchev–Trinajstić information content (AvgIpc) is 3.33. The number of nitrogens with zero attached hydrogens (tertiary/aromatic N) is 3. The quantitative estimate of drug-likeness (QED) is 0.140. The number of ketones is 1. The summed E-state index contributed by atoms with van der Waals surface area (Å²) in [5.41, 5.74) is -0.0315. The number of sulfonamides is 1. The predicted molar refractivity (Wildman–Crippen MR) is 149 cm³/mol. The van der Waals surface area contributed by atoms with Gasteiger partial charge in [-0.25, -0.2) is 17.8 Å². The largest absolute Gasteiger partial charge is 0.508 e. The van der Waals surface area contributed by atoms with E-state index in [1.165, 1.54) is 24.3 Å². The lowest BCUT2D eigenvalue weighted by atomic mass is 9.99. The maximum atomic E-state index is 14.4. The molecule has 42 heavy (non-hydrogen) atoms. The number of phenolic OH excluding ortho intramolecular Hbond substituents is 2. The number of hydrogen-bond acceptors (Lipinski definition) is 8. The maximum absolute atomic E-state index is 14.4. The minimum absolute atomic E-state index is 0.00362.